The number of hydrogen-bond donors (Lipinski definition) is 2. The van der Waals surface area contributed by atoms with Crippen LogP contribution in [0.4, 0.5) is 4.39 Å². The van der Waals surface area contributed by atoms with Crippen LogP contribution in [0.3, 0.4) is 0 Å². The number of ether oxygens (including phenoxy) is 1. The normalized spacial score (nSPS) is 12.1. The Balaban J connectivity index is 1.84. The van der Waals surface area contributed by atoms with Gasteiger partial charge in [0, 0.05) is 5.56 Å². The lowest BCUT2D eigenvalue weighted by atomic mass is 10.0. The fourth-order valence-electron chi connectivity index (χ4n) is 3.50. The number of imidazole rings is 1. The van der Waals surface area contributed by atoms with Crippen LogP contribution in [0.1, 0.15) is 38.4 Å². The van der Waals surface area contributed by atoms with E-state index in [4.69, 9.17) is 16.3 Å². The Kier molecular flexibility index (Phi) is 8.80. The molecule has 176 valence electrons. The maximum atomic E-state index is 15.0. The van der Waals surface area contributed by atoms with Gasteiger partial charge in [0.2, 0.25) is 5.91 Å². The molecule has 1 amide bonds. The van der Waals surface area contributed by atoms with Crippen molar-refractivity contribution in [3.8, 4) is 17.1 Å². The van der Waals surface area contributed by atoms with Gasteiger partial charge in [-0.1, -0.05) is 67.9 Å². The molecule has 3 rings (SSSR count). The predicted molar refractivity (Wildman–Crippen MR) is 133 cm³/mol. The summed E-state index contributed by atoms with van der Waals surface area (Å²) in [7, 11) is 0. The van der Waals surface area contributed by atoms with E-state index in [9.17, 15) is 4.79 Å². The van der Waals surface area contributed by atoms with Gasteiger partial charge in [0.15, 0.2) is 5.15 Å². The molecule has 33 heavy (non-hydrogen) atoms. The van der Waals surface area contributed by atoms with E-state index >= 15 is 4.39 Å². The second-order valence-corrected chi connectivity index (χ2v) is 9.17. The van der Waals surface area contributed by atoms with E-state index in [-0.39, 0.29) is 36.0 Å². The number of hydrogen-bond acceptors (Lipinski definition) is 4. The molecule has 0 saturated heterocycles. The first-order valence-corrected chi connectivity index (χ1v) is 11.9. The number of benzene rings is 2. The number of aromatic nitrogens is 2. The molecule has 0 saturated carbocycles. The highest BCUT2D eigenvalue weighted by molar-refractivity contribution is 7.81. The molecular weight excluding hydrogens is 461 g/mol. The zero-order valence-corrected chi connectivity index (χ0v) is 20.7. The SMILES string of the molecule is CCOc1nc(Cl)c(CNC(=O)[C@@H](S)CC(C)C)n1Cc1ccc(-c2ccccc2)cc1F. The molecule has 1 aromatic heterocycles. The monoisotopic (exact) mass is 489 g/mol. The van der Waals surface area contributed by atoms with Crippen molar-refractivity contribution in [1.29, 1.82) is 0 Å². The number of carbonyl (C=O) groups is 1. The minimum absolute atomic E-state index is 0.136. The summed E-state index contributed by atoms with van der Waals surface area (Å²) in [4.78, 5) is 16.7. The van der Waals surface area contributed by atoms with Gasteiger partial charge in [0.05, 0.1) is 30.6 Å². The third kappa shape index (κ3) is 6.51. The average Bonchev–Trinajstić information content (AvgIpc) is 3.07. The van der Waals surface area contributed by atoms with Gasteiger partial charge < -0.3 is 10.1 Å². The quantitative estimate of drug-likeness (QED) is 0.356. The number of halogens is 2. The molecule has 1 N–H and O–H groups in total. The number of nitrogens with one attached hydrogen (secondary N) is 1. The minimum Gasteiger partial charge on any atom is -0.465 e. The van der Waals surface area contributed by atoms with Crippen LogP contribution in [-0.2, 0) is 17.9 Å². The third-order valence-electron chi connectivity index (χ3n) is 5.18. The number of amides is 1. The van der Waals surface area contributed by atoms with Gasteiger partial charge in [-0.2, -0.15) is 17.6 Å². The first-order valence-electron chi connectivity index (χ1n) is 11.0. The number of rotatable bonds is 10. The molecular formula is C25H29ClFN3O2S. The highest BCUT2D eigenvalue weighted by atomic mass is 35.5. The molecule has 0 spiro atoms. The minimum atomic E-state index is -0.422. The van der Waals surface area contributed by atoms with E-state index in [2.05, 4.69) is 22.9 Å². The Labute approximate surface area is 204 Å². The molecule has 1 atom stereocenters. The van der Waals surface area contributed by atoms with Crippen molar-refractivity contribution in [2.45, 2.75) is 45.5 Å². The molecule has 5 nitrogen and oxygen atoms in total. The van der Waals surface area contributed by atoms with E-state index in [1.807, 2.05) is 57.2 Å². The van der Waals surface area contributed by atoms with Crippen LogP contribution in [0.5, 0.6) is 6.01 Å². The Morgan fingerprint density at radius 3 is 2.58 bits per heavy atom. The average molecular weight is 490 g/mol. The van der Waals surface area contributed by atoms with E-state index in [1.54, 1.807) is 10.6 Å². The van der Waals surface area contributed by atoms with Crippen molar-refractivity contribution in [3.63, 3.8) is 0 Å². The first-order chi connectivity index (χ1) is 15.8. The summed E-state index contributed by atoms with van der Waals surface area (Å²) in [6.07, 6.45) is 0.658. The van der Waals surface area contributed by atoms with Crippen LogP contribution in [0.25, 0.3) is 11.1 Å². The Bertz CT molecular complexity index is 1090. The summed E-state index contributed by atoms with van der Waals surface area (Å²) in [5.74, 6) is -0.183. The highest BCUT2D eigenvalue weighted by Gasteiger charge is 2.21. The molecule has 0 aliphatic rings. The zero-order chi connectivity index (χ0) is 24.0. The topological polar surface area (TPSA) is 56.1 Å². The molecule has 0 unspecified atom stereocenters. The molecule has 1 heterocycles. The van der Waals surface area contributed by atoms with Gasteiger partial charge >= 0.3 is 0 Å². The lowest BCUT2D eigenvalue weighted by Gasteiger charge is -2.16. The molecule has 0 fully saturated rings. The Morgan fingerprint density at radius 2 is 1.94 bits per heavy atom. The van der Waals surface area contributed by atoms with Crippen LogP contribution in [-0.4, -0.2) is 27.3 Å². The maximum absolute atomic E-state index is 15.0. The van der Waals surface area contributed by atoms with Gasteiger partial charge in [-0.3, -0.25) is 9.36 Å². The van der Waals surface area contributed by atoms with Crippen LogP contribution in [0.2, 0.25) is 5.15 Å². The zero-order valence-electron chi connectivity index (χ0n) is 19.0. The maximum Gasteiger partial charge on any atom is 0.298 e. The molecule has 0 radical (unpaired) electrons. The van der Waals surface area contributed by atoms with E-state index < -0.39 is 5.25 Å². The van der Waals surface area contributed by atoms with Crippen LogP contribution in [0, 0.1) is 11.7 Å². The van der Waals surface area contributed by atoms with Crippen LogP contribution < -0.4 is 10.1 Å². The molecule has 0 bridgehead atoms. The molecule has 3 aromatic rings. The fourth-order valence-corrected chi connectivity index (χ4v) is 4.26. The summed E-state index contributed by atoms with van der Waals surface area (Å²) in [6, 6.07) is 15.1. The molecule has 0 aliphatic heterocycles. The fraction of sp³-hybridized carbons (Fsp3) is 0.360. The van der Waals surface area contributed by atoms with Gasteiger partial charge in [-0.15, -0.1) is 0 Å². The lowest BCUT2D eigenvalue weighted by molar-refractivity contribution is -0.121. The Hall–Kier alpha value is -2.51. The summed E-state index contributed by atoms with van der Waals surface area (Å²) in [6.45, 7) is 6.58. The van der Waals surface area contributed by atoms with Gasteiger partial charge in [0.1, 0.15) is 5.82 Å². The van der Waals surface area contributed by atoms with Crippen molar-refractivity contribution in [2.75, 3.05) is 6.61 Å². The largest absolute Gasteiger partial charge is 0.465 e. The van der Waals surface area contributed by atoms with Gasteiger partial charge in [-0.05, 0) is 36.5 Å². The van der Waals surface area contributed by atoms with E-state index in [0.29, 0.717) is 30.2 Å². The second-order valence-electron chi connectivity index (χ2n) is 8.19. The predicted octanol–water partition coefficient (Wildman–Crippen LogP) is 5.75. The Morgan fingerprint density at radius 1 is 1.21 bits per heavy atom. The lowest BCUT2D eigenvalue weighted by Crippen LogP contribution is -2.32. The number of thiol groups is 1. The summed E-state index contributed by atoms with van der Waals surface area (Å²) in [5, 5.41) is 2.65. The van der Waals surface area contributed by atoms with E-state index in [1.165, 1.54) is 6.07 Å². The molecule has 0 aliphatic carbocycles. The van der Waals surface area contributed by atoms with Crippen molar-refractivity contribution < 1.29 is 13.9 Å². The molecule has 2 aromatic carbocycles. The van der Waals surface area contributed by atoms with E-state index in [0.717, 1.165) is 11.1 Å². The highest BCUT2D eigenvalue weighted by Crippen LogP contribution is 2.27. The summed E-state index contributed by atoms with van der Waals surface area (Å²) in [5.41, 5.74) is 2.74. The van der Waals surface area contributed by atoms with Crippen molar-refractivity contribution in [1.82, 2.24) is 14.9 Å². The van der Waals surface area contributed by atoms with Crippen molar-refractivity contribution >= 4 is 30.1 Å². The molecule has 8 heteroatoms. The number of nitrogens with zero attached hydrogens (tertiary/aromatic N) is 2. The van der Waals surface area contributed by atoms with Crippen molar-refractivity contribution in [3.05, 3.63) is 70.8 Å². The summed E-state index contributed by atoms with van der Waals surface area (Å²) < 4.78 is 22.4. The van der Waals surface area contributed by atoms with Crippen molar-refractivity contribution in [2.24, 2.45) is 5.92 Å². The third-order valence-corrected chi connectivity index (χ3v) is 5.93. The van der Waals surface area contributed by atoms with Gasteiger partial charge in [0.25, 0.3) is 6.01 Å². The summed E-state index contributed by atoms with van der Waals surface area (Å²) >= 11 is 10.8. The second kappa shape index (κ2) is 11.6. The standard InChI is InChI=1S/C25H29ClFN3O2S/c1-4-32-25-29-23(26)21(14-28-24(31)22(33)12-16(2)3)30(25)15-19-11-10-18(13-20(19)27)17-8-6-5-7-9-17/h5-11,13,16,22,33H,4,12,14-15H2,1-3H3,(H,28,31)/t22-/m0/s1. The smallest absolute Gasteiger partial charge is 0.298 e. The number of carbonyl (C=O) groups excluding carboxylic acids is 1. The first kappa shape index (κ1) is 25.1. The van der Waals surface area contributed by atoms with Crippen LogP contribution in [0.15, 0.2) is 48.5 Å². The van der Waals surface area contributed by atoms with Gasteiger partial charge in [-0.25, -0.2) is 4.39 Å². The van der Waals surface area contributed by atoms with Crippen LogP contribution >= 0.6 is 24.2 Å².